The molecule has 0 unspecified atom stereocenters. The van der Waals surface area contributed by atoms with Crippen molar-refractivity contribution < 1.29 is 4.79 Å². The maximum absolute atomic E-state index is 13.0. The minimum atomic E-state index is -0.147. The van der Waals surface area contributed by atoms with E-state index in [4.69, 9.17) is 0 Å². The highest BCUT2D eigenvalue weighted by Gasteiger charge is 2.49. The van der Waals surface area contributed by atoms with Gasteiger partial charge in [-0.2, -0.15) is 0 Å². The molecular formula is C27H40N6O. The average molecular weight is 465 g/mol. The highest BCUT2D eigenvalue weighted by Crippen LogP contribution is 2.46. The molecular weight excluding hydrogens is 424 g/mol. The summed E-state index contributed by atoms with van der Waals surface area (Å²) in [7, 11) is 4.36. The van der Waals surface area contributed by atoms with E-state index in [0.29, 0.717) is 6.54 Å². The lowest BCUT2D eigenvalue weighted by atomic mass is 9.69. The molecule has 0 bridgehead atoms. The number of allylic oxidation sites excluding steroid dienone is 1. The maximum atomic E-state index is 13.0. The van der Waals surface area contributed by atoms with E-state index in [1.807, 2.05) is 11.8 Å². The van der Waals surface area contributed by atoms with Crippen LogP contribution in [-0.2, 0) is 5.54 Å². The summed E-state index contributed by atoms with van der Waals surface area (Å²) in [5.74, 6) is 0.889. The van der Waals surface area contributed by atoms with E-state index >= 15 is 0 Å². The first-order valence-electron chi connectivity index (χ1n) is 12.5. The Balaban J connectivity index is 1.44. The van der Waals surface area contributed by atoms with Crippen LogP contribution in [0.2, 0.25) is 0 Å². The van der Waals surface area contributed by atoms with E-state index in [1.54, 1.807) is 0 Å². The van der Waals surface area contributed by atoms with Crippen LogP contribution in [0.3, 0.4) is 0 Å². The summed E-state index contributed by atoms with van der Waals surface area (Å²) in [4.78, 5) is 23.9. The Morgan fingerprint density at radius 1 is 1.15 bits per heavy atom. The van der Waals surface area contributed by atoms with Gasteiger partial charge < -0.3 is 20.4 Å². The Labute approximate surface area is 204 Å². The van der Waals surface area contributed by atoms with Crippen LogP contribution in [0.25, 0.3) is 0 Å². The van der Waals surface area contributed by atoms with Gasteiger partial charge in [0, 0.05) is 44.8 Å². The summed E-state index contributed by atoms with van der Waals surface area (Å²) in [5, 5.41) is 6.75. The van der Waals surface area contributed by atoms with Crippen LogP contribution >= 0.6 is 0 Å². The third kappa shape index (κ3) is 4.91. The number of hydrogen-bond acceptors (Lipinski definition) is 5. The smallest absolute Gasteiger partial charge is 0.318 e. The van der Waals surface area contributed by atoms with Gasteiger partial charge in [-0.3, -0.25) is 4.90 Å². The number of piperazine rings is 1. The van der Waals surface area contributed by atoms with Crippen molar-refractivity contribution in [3.8, 4) is 0 Å². The first-order valence-corrected chi connectivity index (χ1v) is 12.5. The Hall–Kier alpha value is -2.64. The normalized spacial score (nSPS) is 28.5. The first-order chi connectivity index (χ1) is 16.4. The average Bonchev–Trinajstić information content (AvgIpc) is 3.17. The topological polar surface area (TPSA) is 63.2 Å². The standard InChI is InChI=1S/C27H40N6O/c1-5-22(19-24(28-2)32-17-15-29-16-18-32)20-33-21-26(30-25(33)34)11-13-27(14-12-26,31(3)4)23-9-7-6-8-10-23/h5-10,19,29H,2,11-18,20-21H2,1,3-4H3,(H,30,34)/b22-5+,24-19+/t26-,27+. The number of urea groups is 1. The van der Waals surface area contributed by atoms with Gasteiger partial charge in [0.15, 0.2) is 0 Å². The predicted octanol–water partition coefficient (Wildman–Crippen LogP) is 3.18. The molecule has 184 valence electrons. The van der Waals surface area contributed by atoms with Crippen molar-refractivity contribution in [2.75, 3.05) is 53.4 Å². The van der Waals surface area contributed by atoms with E-state index in [2.05, 4.69) is 88.7 Å². The molecule has 0 radical (unpaired) electrons. The van der Waals surface area contributed by atoms with Crippen LogP contribution in [0.5, 0.6) is 0 Å². The monoisotopic (exact) mass is 464 g/mol. The molecule has 7 heteroatoms. The number of carbonyl (C=O) groups is 1. The third-order valence-electron chi connectivity index (χ3n) is 8.02. The Morgan fingerprint density at radius 2 is 1.82 bits per heavy atom. The van der Waals surface area contributed by atoms with E-state index < -0.39 is 0 Å². The molecule has 2 N–H and O–H groups in total. The molecule has 7 nitrogen and oxygen atoms in total. The lowest BCUT2D eigenvalue weighted by Crippen LogP contribution is -2.54. The predicted molar refractivity (Wildman–Crippen MR) is 139 cm³/mol. The van der Waals surface area contributed by atoms with Gasteiger partial charge in [-0.15, -0.1) is 0 Å². The van der Waals surface area contributed by atoms with Crippen molar-refractivity contribution in [2.24, 2.45) is 4.99 Å². The van der Waals surface area contributed by atoms with E-state index in [9.17, 15) is 4.79 Å². The van der Waals surface area contributed by atoms with Gasteiger partial charge in [-0.25, -0.2) is 9.79 Å². The van der Waals surface area contributed by atoms with Gasteiger partial charge >= 0.3 is 6.03 Å². The number of aliphatic imine (C=N–C) groups is 1. The van der Waals surface area contributed by atoms with E-state index in [-0.39, 0.29) is 17.1 Å². The second-order valence-electron chi connectivity index (χ2n) is 10.1. The zero-order valence-corrected chi connectivity index (χ0v) is 21.0. The number of benzene rings is 1. The number of nitrogens with zero attached hydrogens (tertiary/aromatic N) is 4. The van der Waals surface area contributed by atoms with Crippen LogP contribution in [0, 0.1) is 0 Å². The van der Waals surface area contributed by atoms with Crippen molar-refractivity contribution >= 4 is 12.7 Å². The first kappa shape index (κ1) is 24.5. The molecule has 1 spiro atoms. The third-order valence-corrected chi connectivity index (χ3v) is 8.02. The minimum Gasteiger partial charge on any atom is -0.354 e. The molecule has 0 atom stereocenters. The van der Waals surface area contributed by atoms with E-state index in [0.717, 1.165) is 69.8 Å². The highest BCUT2D eigenvalue weighted by atomic mass is 16.2. The highest BCUT2D eigenvalue weighted by molar-refractivity contribution is 5.78. The lowest BCUT2D eigenvalue weighted by molar-refractivity contribution is 0.0623. The molecule has 1 aromatic carbocycles. The number of hydrogen-bond donors (Lipinski definition) is 2. The maximum Gasteiger partial charge on any atom is 0.318 e. The van der Waals surface area contributed by atoms with Crippen molar-refractivity contribution in [3.05, 3.63) is 59.4 Å². The van der Waals surface area contributed by atoms with Crippen molar-refractivity contribution in [3.63, 3.8) is 0 Å². The van der Waals surface area contributed by atoms with E-state index in [1.165, 1.54) is 5.56 Å². The summed E-state index contributed by atoms with van der Waals surface area (Å²) in [6.45, 7) is 10.9. The fourth-order valence-corrected chi connectivity index (χ4v) is 5.82. The lowest BCUT2D eigenvalue weighted by Gasteiger charge is -2.48. The largest absolute Gasteiger partial charge is 0.354 e. The molecule has 2 aliphatic heterocycles. The quantitative estimate of drug-likeness (QED) is 0.481. The zero-order chi connectivity index (χ0) is 24.2. The van der Waals surface area contributed by atoms with Gasteiger partial charge in [-0.05, 0) is 70.6 Å². The van der Waals surface area contributed by atoms with Gasteiger partial charge in [0.05, 0.1) is 5.54 Å². The molecule has 0 aromatic heterocycles. The van der Waals surface area contributed by atoms with Gasteiger partial charge in [0.1, 0.15) is 5.82 Å². The van der Waals surface area contributed by atoms with Crippen molar-refractivity contribution in [1.29, 1.82) is 0 Å². The number of amides is 2. The minimum absolute atomic E-state index is 0.0235. The number of nitrogens with one attached hydrogen (secondary N) is 2. The van der Waals surface area contributed by atoms with Gasteiger partial charge in [0.2, 0.25) is 0 Å². The summed E-state index contributed by atoms with van der Waals surface area (Å²) in [6, 6.07) is 10.9. The number of carbonyl (C=O) groups excluding carboxylic acids is 1. The van der Waals surface area contributed by atoms with Crippen molar-refractivity contribution in [2.45, 2.75) is 43.7 Å². The van der Waals surface area contributed by atoms with Crippen LogP contribution < -0.4 is 10.6 Å². The fraction of sp³-hybridized carbons (Fsp3) is 0.556. The van der Waals surface area contributed by atoms with Gasteiger partial charge in [-0.1, -0.05) is 36.4 Å². The molecule has 1 saturated carbocycles. The second kappa shape index (κ2) is 10.3. The number of rotatable bonds is 7. The van der Waals surface area contributed by atoms with Crippen LogP contribution in [0.15, 0.2) is 58.9 Å². The molecule has 2 saturated heterocycles. The molecule has 1 aromatic rings. The molecule has 3 aliphatic rings. The Bertz CT molecular complexity index is 924. The molecule has 1 aliphatic carbocycles. The Morgan fingerprint density at radius 3 is 2.41 bits per heavy atom. The second-order valence-corrected chi connectivity index (χ2v) is 10.1. The summed E-state index contributed by atoms with van der Waals surface area (Å²) in [6.07, 6.45) is 8.18. The Kier molecular flexibility index (Phi) is 7.43. The summed E-state index contributed by atoms with van der Waals surface area (Å²) < 4.78 is 0. The molecule has 2 amide bonds. The van der Waals surface area contributed by atoms with Gasteiger partial charge in [0.25, 0.3) is 0 Å². The van der Waals surface area contributed by atoms with Crippen molar-refractivity contribution in [1.82, 2.24) is 25.3 Å². The summed E-state index contributed by atoms with van der Waals surface area (Å²) >= 11 is 0. The fourth-order valence-electron chi connectivity index (χ4n) is 5.82. The van der Waals surface area contributed by atoms with Crippen LogP contribution in [-0.4, -0.2) is 86.4 Å². The molecule has 3 fully saturated rings. The SMILES string of the molecule is C=N/C(=C\C(=C/C)CN1C[C@]2(CC[C@](c3ccccc3)(N(C)C)CC2)NC1=O)N1CCNCC1. The zero-order valence-electron chi connectivity index (χ0n) is 21.0. The van der Waals surface area contributed by atoms with Crippen LogP contribution in [0.1, 0.15) is 38.2 Å². The van der Waals surface area contributed by atoms with Crippen LogP contribution in [0.4, 0.5) is 4.79 Å². The molecule has 34 heavy (non-hydrogen) atoms. The summed E-state index contributed by atoms with van der Waals surface area (Å²) in [5.41, 5.74) is 2.34. The molecule has 4 rings (SSSR count). The molecule has 2 heterocycles.